The van der Waals surface area contributed by atoms with Crippen LogP contribution in [0.5, 0.6) is 0 Å². The van der Waals surface area contributed by atoms with Crippen LogP contribution in [0.2, 0.25) is 18.1 Å². The second-order valence-corrected chi connectivity index (χ2v) is 20.1. The predicted octanol–water partition coefficient (Wildman–Crippen LogP) is 12.4. The number of alkyl halides is 4. The zero-order valence-corrected chi connectivity index (χ0v) is 29.1. The highest BCUT2D eigenvalue weighted by atomic mass is 28.4. The Morgan fingerprint density at radius 1 is 0.867 bits per heavy atom. The lowest BCUT2D eigenvalue weighted by molar-refractivity contribution is -0.137. The fourth-order valence-corrected chi connectivity index (χ4v) is 7.41. The Balaban J connectivity index is 2.08. The van der Waals surface area contributed by atoms with Gasteiger partial charge in [-0.15, -0.1) is 0 Å². The van der Waals surface area contributed by atoms with E-state index in [0.29, 0.717) is 28.8 Å². The molecule has 0 unspecified atom stereocenters. The molecule has 2 atom stereocenters. The largest absolute Gasteiger partial charge is 0.416 e. The molecule has 1 heterocycles. The van der Waals surface area contributed by atoms with E-state index in [1.807, 2.05) is 6.92 Å². The number of pyridine rings is 1. The third kappa shape index (κ3) is 8.05. The van der Waals surface area contributed by atoms with Crippen molar-refractivity contribution in [3.05, 3.63) is 88.0 Å². The van der Waals surface area contributed by atoms with Crippen LogP contribution in [0.3, 0.4) is 0 Å². The van der Waals surface area contributed by atoms with Crippen molar-refractivity contribution in [1.82, 2.24) is 4.98 Å². The number of hydrogen-bond donors (Lipinski definition) is 0. The molecule has 45 heavy (non-hydrogen) atoms. The molecule has 1 saturated carbocycles. The third-order valence-corrected chi connectivity index (χ3v) is 14.0. The van der Waals surface area contributed by atoms with E-state index in [9.17, 15) is 17.6 Å². The van der Waals surface area contributed by atoms with Gasteiger partial charge in [-0.3, -0.25) is 4.98 Å². The average Bonchev–Trinajstić information content (AvgIpc) is 3.45. The molecule has 0 radical (unpaired) electrons. The van der Waals surface area contributed by atoms with E-state index in [1.54, 1.807) is 12.1 Å². The van der Waals surface area contributed by atoms with Crippen LogP contribution in [-0.2, 0) is 10.6 Å². The zero-order chi connectivity index (χ0) is 33.5. The average molecular weight is 646 g/mol. The van der Waals surface area contributed by atoms with Gasteiger partial charge in [-0.25, -0.2) is 8.78 Å². The van der Waals surface area contributed by atoms with Gasteiger partial charge in [-0.2, -0.15) is 13.2 Å². The molecule has 0 bridgehead atoms. The van der Waals surface area contributed by atoms with Gasteiger partial charge in [0, 0.05) is 22.7 Å². The number of rotatable bonds is 8. The fourth-order valence-electron chi connectivity index (χ4n) is 6.14. The summed E-state index contributed by atoms with van der Waals surface area (Å²) in [4.78, 5) is 5.15. The molecule has 0 amide bonds. The summed E-state index contributed by atoms with van der Waals surface area (Å²) in [5, 5.41) is -0.101. The molecule has 1 fully saturated rings. The minimum Gasteiger partial charge on any atom is -0.410 e. The first kappa shape index (κ1) is 35.3. The van der Waals surface area contributed by atoms with Crippen LogP contribution < -0.4 is 0 Å². The molecular weight excluding hydrogens is 597 g/mol. The van der Waals surface area contributed by atoms with Crippen LogP contribution in [0.15, 0.2) is 48.5 Å². The summed E-state index contributed by atoms with van der Waals surface area (Å²) in [5.74, 6) is -0.394. The predicted molar refractivity (Wildman–Crippen MR) is 175 cm³/mol. The van der Waals surface area contributed by atoms with E-state index < -0.39 is 38.2 Å². The second kappa shape index (κ2) is 12.9. The number of benzene rings is 2. The summed E-state index contributed by atoms with van der Waals surface area (Å²) in [6.07, 6.45) is -2.38. The van der Waals surface area contributed by atoms with Gasteiger partial charge in [0.15, 0.2) is 14.5 Å². The molecule has 0 spiro atoms. The van der Waals surface area contributed by atoms with Crippen molar-refractivity contribution in [1.29, 1.82) is 0 Å². The van der Waals surface area contributed by atoms with Crippen LogP contribution in [0, 0.1) is 18.2 Å². The summed E-state index contributed by atoms with van der Waals surface area (Å²) in [7, 11) is -2.37. The lowest BCUT2D eigenvalue weighted by Gasteiger charge is -2.42. The van der Waals surface area contributed by atoms with Crippen LogP contribution in [0.25, 0.3) is 11.1 Å². The summed E-state index contributed by atoms with van der Waals surface area (Å²) >= 11 is 0. The number of nitrogens with zero attached hydrogens (tertiary/aromatic N) is 1. The molecular formula is C37H48F5NOSi. The molecule has 4 rings (SSSR count). The first-order valence-corrected chi connectivity index (χ1v) is 18.9. The highest BCUT2D eigenvalue weighted by molar-refractivity contribution is 6.74. The third-order valence-electron chi connectivity index (χ3n) is 9.51. The highest BCUT2D eigenvalue weighted by Crippen LogP contribution is 2.50. The number of aromatic nitrogens is 1. The standard InChI is InChI=1S/C37H48F5NOSi/c1-23-30(29(22-35(2,3)4)44-45(8,9)36(5,6)7)31(24-16-20-28(38)21-17-24)32(34(43-23)26-12-10-11-13-26)33(39)25-14-18-27(19-15-25)37(40,41)42/h14-21,26,29,33H,10-13,22H2,1-9H3/t29-,33-/m0/s1. The van der Waals surface area contributed by atoms with Crippen LogP contribution >= 0.6 is 0 Å². The maximum atomic E-state index is 17.2. The quantitative estimate of drug-likeness (QED) is 0.180. The topological polar surface area (TPSA) is 22.1 Å². The zero-order valence-electron chi connectivity index (χ0n) is 28.1. The monoisotopic (exact) mass is 645 g/mol. The van der Waals surface area contributed by atoms with Crippen molar-refractivity contribution in [2.24, 2.45) is 5.41 Å². The van der Waals surface area contributed by atoms with Gasteiger partial charge in [-0.1, -0.05) is 78.6 Å². The smallest absolute Gasteiger partial charge is 0.410 e. The van der Waals surface area contributed by atoms with Gasteiger partial charge in [0.1, 0.15) is 5.82 Å². The lowest BCUT2D eigenvalue weighted by atomic mass is 9.80. The van der Waals surface area contributed by atoms with Crippen molar-refractivity contribution in [3.63, 3.8) is 0 Å². The number of halogens is 5. The minimum absolute atomic E-state index is 0.0158. The molecule has 2 aromatic carbocycles. The molecule has 3 aromatic rings. The van der Waals surface area contributed by atoms with E-state index in [1.165, 1.54) is 24.3 Å². The Labute approximate surface area is 267 Å². The van der Waals surface area contributed by atoms with Crippen molar-refractivity contribution in [3.8, 4) is 11.1 Å². The molecule has 0 aliphatic heterocycles. The van der Waals surface area contributed by atoms with Crippen molar-refractivity contribution in [2.75, 3.05) is 0 Å². The SMILES string of the molecule is Cc1nc(C2CCCC2)c([C@@H](F)c2ccc(C(F)(F)F)cc2)c(-c2ccc(F)cc2)c1[C@H](CC(C)(C)C)O[Si](C)(C)C(C)(C)C. The van der Waals surface area contributed by atoms with E-state index in [4.69, 9.17) is 9.41 Å². The summed E-state index contributed by atoms with van der Waals surface area (Å²) in [6, 6.07) is 10.4. The van der Waals surface area contributed by atoms with Gasteiger partial charge in [0.2, 0.25) is 0 Å². The second-order valence-electron chi connectivity index (χ2n) is 15.4. The Morgan fingerprint density at radius 2 is 1.42 bits per heavy atom. The summed E-state index contributed by atoms with van der Waals surface area (Å²) in [5.41, 5.74) is 2.90. The van der Waals surface area contributed by atoms with Crippen molar-refractivity contribution >= 4 is 8.32 Å². The molecule has 8 heteroatoms. The molecule has 1 aliphatic carbocycles. The Morgan fingerprint density at radius 3 is 1.91 bits per heavy atom. The van der Waals surface area contributed by atoms with Crippen LogP contribution in [0.4, 0.5) is 22.0 Å². The van der Waals surface area contributed by atoms with Gasteiger partial charge >= 0.3 is 6.18 Å². The normalized spacial score (nSPS) is 16.7. The maximum Gasteiger partial charge on any atom is 0.416 e. The summed E-state index contributed by atoms with van der Waals surface area (Å²) in [6.45, 7) is 19.3. The Kier molecular flexibility index (Phi) is 10.1. The molecule has 246 valence electrons. The molecule has 2 nitrogen and oxygen atoms in total. The van der Waals surface area contributed by atoms with E-state index in [-0.39, 0.29) is 21.9 Å². The Bertz CT molecular complexity index is 1460. The Hall–Kier alpha value is -2.58. The number of aryl methyl sites for hydroxylation is 1. The number of hydrogen-bond acceptors (Lipinski definition) is 2. The maximum absolute atomic E-state index is 17.2. The summed E-state index contributed by atoms with van der Waals surface area (Å²) < 4.78 is 79.0. The highest BCUT2D eigenvalue weighted by Gasteiger charge is 2.42. The van der Waals surface area contributed by atoms with E-state index in [0.717, 1.165) is 49.1 Å². The first-order chi connectivity index (χ1) is 20.7. The molecule has 1 aromatic heterocycles. The van der Waals surface area contributed by atoms with Gasteiger partial charge in [0.05, 0.1) is 17.4 Å². The van der Waals surface area contributed by atoms with Gasteiger partial charge in [0.25, 0.3) is 0 Å². The lowest BCUT2D eigenvalue weighted by Crippen LogP contribution is -2.42. The van der Waals surface area contributed by atoms with E-state index >= 15 is 4.39 Å². The molecule has 0 saturated heterocycles. The van der Waals surface area contributed by atoms with Crippen LogP contribution in [-0.4, -0.2) is 13.3 Å². The molecule has 0 N–H and O–H groups in total. The first-order valence-electron chi connectivity index (χ1n) is 16.0. The van der Waals surface area contributed by atoms with Crippen LogP contribution in [0.1, 0.15) is 125 Å². The minimum atomic E-state index is -4.53. The fraction of sp³-hybridized carbons (Fsp3) is 0.541. The van der Waals surface area contributed by atoms with Gasteiger partial charge in [-0.05, 0) is 90.7 Å². The van der Waals surface area contributed by atoms with Gasteiger partial charge < -0.3 is 4.43 Å². The molecule has 1 aliphatic rings. The van der Waals surface area contributed by atoms with E-state index in [2.05, 4.69) is 54.6 Å². The van der Waals surface area contributed by atoms with Crippen molar-refractivity contribution in [2.45, 2.75) is 123 Å². The van der Waals surface area contributed by atoms with Crippen molar-refractivity contribution < 1.29 is 26.4 Å².